The summed E-state index contributed by atoms with van der Waals surface area (Å²) in [7, 11) is 2.00. The number of nitriles is 1. The van der Waals surface area contributed by atoms with Gasteiger partial charge < -0.3 is 15.1 Å². The van der Waals surface area contributed by atoms with Gasteiger partial charge in [0, 0.05) is 32.4 Å². The molecule has 0 radical (unpaired) electrons. The zero-order valence-electron chi connectivity index (χ0n) is 12.1. The minimum Gasteiger partial charge on any atom is -0.358 e. The first-order valence-electron chi connectivity index (χ1n) is 6.81. The van der Waals surface area contributed by atoms with Gasteiger partial charge in [-0.25, -0.2) is 0 Å². The Morgan fingerprint density at radius 2 is 1.86 bits per heavy atom. The summed E-state index contributed by atoms with van der Waals surface area (Å²) in [6.07, 6.45) is 1.35. The number of para-hydroxylation sites is 1. The van der Waals surface area contributed by atoms with E-state index in [1.807, 2.05) is 13.1 Å². The molecule has 0 bridgehead atoms. The van der Waals surface area contributed by atoms with E-state index in [2.05, 4.69) is 10.2 Å². The molecule has 1 amide bonds. The van der Waals surface area contributed by atoms with E-state index in [0.29, 0.717) is 28.8 Å². The van der Waals surface area contributed by atoms with Crippen LogP contribution >= 0.6 is 23.2 Å². The van der Waals surface area contributed by atoms with Crippen LogP contribution in [-0.2, 0) is 4.79 Å². The van der Waals surface area contributed by atoms with E-state index in [9.17, 15) is 10.1 Å². The van der Waals surface area contributed by atoms with Crippen molar-refractivity contribution >= 4 is 34.8 Å². The monoisotopic (exact) mass is 338 g/mol. The van der Waals surface area contributed by atoms with Crippen molar-refractivity contribution in [2.24, 2.45) is 0 Å². The number of halogens is 2. The number of carbonyl (C=O) groups is 1. The molecule has 22 heavy (non-hydrogen) atoms. The second kappa shape index (κ2) is 7.50. The lowest BCUT2D eigenvalue weighted by Gasteiger charge is -2.32. The average molecular weight is 339 g/mol. The number of amides is 1. The van der Waals surface area contributed by atoms with E-state index < -0.39 is 0 Å². The summed E-state index contributed by atoms with van der Waals surface area (Å²) in [5.41, 5.74) is 0.505. The molecule has 116 valence electrons. The summed E-state index contributed by atoms with van der Waals surface area (Å²) in [6, 6.07) is 7.01. The standard InChI is InChI=1S/C15H16Cl2N4O/c1-20-5-7-21(8-6-20)15(22)11(9-18)10-19-14-12(16)3-2-4-13(14)17/h2-4,10,19H,5-8H2,1H3/b11-10-. The maximum absolute atomic E-state index is 12.3. The normalized spacial score (nSPS) is 16.3. The van der Waals surface area contributed by atoms with Gasteiger partial charge >= 0.3 is 0 Å². The number of hydrogen-bond acceptors (Lipinski definition) is 4. The Morgan fingerprint density at radius 1 is 1.27 bits per heavy atom. The molecule has 0 atom stereocenters. The van der Waals surface area contributed by atoms with Crippen molar-refractivity contribution in [3.05, 3.63) is 40.0 Å². The van der Waals surface area contributed by atoms with Gasteiger partial charge in [-0.1, -0.05) is 29.3 Å². The van der Waals surface area contributed by atoms with Crippen molar-refractivity contribution < 1.29 is 4.79 Å². The first-order valence-corrected chi connectivity index (χ1v) is 7.57. The van der Waals surface area contributed by atoms with Crippen molar-refractivity contribution in [1.29, 1.82) is 5.26 Å². The van der Waals surface area contributed by atoms with Crippen LogP contribution in [0.25, 0.3) is 0 Å². The van der Waals surface area contributed by atoms with Gasteiger partial charge in [0.05, 0.1) is 15.7 Å². The van der Waals surface area contributed by atoms with Gasteiger partial charge in [0.15, 0.2) is 0 Å². The van der Waals surface area contributed by atoms with E-state index >= 15 is 0 Å². The highest BCUT2D eigenvalue weighted by atomic mass is 35.5. The van der Waals surface area contributed by atoms with Crippen LogP contribution in [0.1, 0.15) is 0 Å². The number of hydrogen-bond donors (Lipinski definition) is 1. The Labute approximate surface area is 139 Å². The van der Waals surface area contributed by atoms with Crippen molar-refractivity contribution in [2.75, 3.05) is 38.5 Å². The lowest BCUT2D eigenvalue weighted by molar-refractivity contribution is -0.128. The van der Waals surface area contributed by atoms with Gasteiger partial charge in [-0.05, 0) is 19.2 Å². The second-order valence-corrected chi connectivity index (χ2v) is 5.82. The molecule has 1 N–H and O–H groups in total. The van der Waals surface area contributed by atoms with Crippen LogP contribution in [0.4, 0.5) is 5.69 Å². The molecule has 0 saturated carbocycles. The summed E-state index contributed by atoms with van der Waals surface area (Å²) < 4.78 is 0. The molecule has 7 heteroatoms. The van der Waals surface area contributed by atoms with Crippen LogP contribution in [0.2, 0.25) is 10.0 Å². The lowest BCUT2D eigenvalue weighted by Crippen LogP contribution is -2.47. The Bertz CT molecular complexity index is 611. The molecule has 1 saturated heterocycles. The third-order valence-electron chi connectivity index (χ3n) is 3.46. The fraction of sp³-hybridized carbons (Fsp3) is 0.333. The number of rotatable bonds is 3. The molecule has 0 spiro atoms. The van der Waals surface area contributed by atoms with Crippen LogP contribution in [0.5, 0.6) is 0 Å². The summed E-state index contributed by atoms with van der Waals surface area (Å²) in [4.78, 5) is 16.1. The molecule has 1 heterocycles. The molecule has 1 aromatic carbocycles. The van der Waals surface area contributed by atoms with Gasteiger partial charge in [-0.3, -0.25) is 4.79 Å². The number of likely N-dealkylation sites (N-methyl/N-ethyl adjacent to an activating group) is 1. The summed E-state index contributed by atoms with van der Waals surface area (Å²) in [6.45, 7) is 2.82. The van der Waals surface area contributed by atoms with Gasteiger partial charge in [-0.2, -0.15) is 5.26 Å². The molecule has 0 aliphatic carbocycles. The van der Waals surface area contributed by atoms with Crippen LogP contribution in [0, 0.1) is 11.3 Å². The van der Waals surface area contributed by atoms with Gasteiger partial charge in [-0.15, -0.1) is 0 Å². The number of benzene rings is 1. The second-order valence-electron chi connectivity index (χ2n) is 5.01. The Hall–Kier alpha value is -1.74. The first-order chi connectivity index (χ1) is 10.5. The maximum Gasteiger partial charge on any atom is 0.266 e. The molecule has 1 aliphatic heterocycles. The molecule has 0 unspecified atom stereocenters. The quantitative estimate of drug-likeness (QED) is 0.679. The van der Waals surface area contributed by atoms with Crippen molar-refractivity contribution in [1.82, 2.24) is 9.80 Å². The van der Waals surface area contributed by atoms with Crippen LogP contribution < -0.4 is 5.32 Å². The minimum absolute atomic E-state index is 0.0283. The van der Waals surface area contributed by atoms with Crippen molar-refractivity contribution in [3.63, 3.8) is 0 Å². The fourth-order valence-corrected chi connectivity index (χ4v) is 2.61. The van der Waals surface area contributed by atoms with Crippen molar-refractivity contribution in [2.45, 2.75) is 0 Å². The fourth-order valence-electron chi connectivity index (χ4n) is 2.10. The highest BCUT2D eigenvalue weighted by Crippen LogP contribution is 2.29. The zero-order chi connectivity index (χ0) is 16.1. The summed E-state index contributed by atoms with van der Waals surface area (Å²) in [5, 5.41) is 12.9. The van der Waals surface area contributed by atoms with Crippen LogP contribution in [-0.4, -0.2) is 48.9 Å². The van der Waals surface area contributed by atoms with Crippen molar-refractivity contribution in [3.8, 4) is 6.07 Å². The number of nitrogens with zero attached hydrogens (tertiary/aromatic N) is 3. The predicted molar refractivity (Wildman–Crippen MR) is 87.9 cm³/mol. The highest BCUT2D eigenvalue weighted by molar-refractivity contribution is 6.39. The number of nitrogens with one attached hydrogen (secondary N) is 1. The van der Waals surface area contributed by atoms with E-state index in [1.54, 1.807) is 23.1 Å². The van der Waals surface area contributed by atoms with E-state index in [-0.39, 0.29) is 11.5 Å². The third kappa shape index (κ3) is 3.92. The first kappa shape index (κ1) is 16.6. The smallest absolute Gasteiger partial charge is 0.266 e. The zero-order valence-corrected chi connectivity index (χ0v) is 13.7. The lowest BCUT2D eigenvalue weighted by atomic mass is 10.2. The molecule has 0 aromatic heterocycles. The SMILES string of the molecule is CN1CCN(C(=O)/C(C#N)=C\Nc2c(Cl)cccc2Cl)CC1. The topological polar surface area (TPSA) is 59.4 Å². The Balaban J connectivity index is 2.11. The van der Waals surface area contributed by atoms with E-state index in [1.165, 1.54) is 6.20 Å². The molecule has 1 aliphatic rings. The number of anilines is 1. The third-order valence-corrected chi connectivity index (χ3v) is 4.09. The predicted octanol–water partition coefficient (Wildman–Crippen LogP) is 2.59. The molecule has 1 aromatic rings. The minimum atomic E-state index is -0.286. The van der Waals surface area contributed by atoms with E-state index in [0.717, 1.165) is 13.1 Å². The molecule has 1 fully saturated rings. The highest BCUT2D eigenvalue weighted by Gasteiger charge is 2.22. The van der Waals surface area contributed by atoms with Gasteiger partial charge in [0.1, 0.15) is 11.6 Å². The number of carbonyl (C=O) groups excluding carboxylic acids is 1. The summed E-state index contributed by atoms with van der Waals surface area (Å²) >= 11 is 12.1. The Morgan fingerprint density at radius 3 is 2.41 bits per heavy atom. The molecular formula is C15H16Cl2N4O. The average Bonchev–Trinajstić information content (AvgIpc) is 2.50. The maximum atomic E-state index is 12.3. The summed E-state index contributed by atoms with van der Waals surface area (Å²) in [5.74, 6) is -0.286. The largest absolute Gasteiger partial charge is 0.358 e. The molecule has 2 rings (SSSR count). The number of piperazine rings is 1. The molecule has 5 nitrogen and oxygen atoms in total. The van der Waals surface area contributed by atoms with Gasteiger partial charge in [0.25, 0.3) is 5.91 Å². The molecular weight excluding hydrogens is 323 g/mol. The van der Waals surface area contributed by atoms with Crippen LogP contribution in [0.3, 0.4) is 0 Å². The Kier molecular flexibility index (Phi) is 5.67. The van der Waals surface area contributed by atoms with Gasteiger partial charge in [0.2, 0.25) is 0 Å². The van der Waals surface area contributed by atoms with E-state index in [4.69, 9.17) is 23.2 Å². The van der Waals surface area contributed by atoms with Crippen LogP contribution in [0.15, 0.2) is 30.0 Å².